The highest BCUT2D eigenvalue weighted by molar-refractivity contribution is 9.10. The number of benzene rings is 2. The standard InChI is InChI=1S/C18H12BrClF3N3/c19-14-3-1-2-11(8-14)10-24-16-9-15(20)25-17(26-16)12-4-6-13(7-5-12)18(21,22)23/h1-9H,10H2,(H,24,25,26). The first kappa shape index (κ1) is 18.7. The summed E-state index contributed by atoms with van der Waals surface area (Å²) in [6, 6.07) is 14.0. The molecule has 0 amide bonds. The molecular weight excluding hydrogens is 431 g/mol. The van der Waals surface area contributed by atoms with E-state index in [1.165, 1.54) is 12.1 Å². The summed E-state index contributed by atoms with van der Waals surface area (Å²) in [5.41, 5.74) is 0.757. The normalized spacial score (nSPS) is 11.4. The van der Waals surface area contributed by atoms with Gasteiger partial charge in [-0.3, -0.25) is 0 Å². The molecule has 0 bridgehead atoms. The zero-order valence-corrected chi connectivity index (χ0v) is 15.5. The fourth-order valence-electron chi connectivity index (χ4n) is 2.29. The fourth-order valence-corrected chi connectivity index (χ4v) is 2.92. The number of anilines is 1. The van der Waals surface area contributed by atoms with Crippen molar-refractivity contribution < 1.29 is 13.2 Å². The van der Waals surface area contributed by atoms with E-state index in [1.54, 1.807) is 6.07 Å². The second kappa shape index (κ2) is 7.63. The molecule has 0 atom stereocenters. The molecule has 0 saturated heterocycles. The first-order valence-corrected chi connectivity index (χ1v) is 8.69. The second-order valence-electron chi connectivity index (χ2n) is 5.46. The van der Waals surface area contributed by atoms with E-state index < -0.39 is 11.7 Å². The summed E-state index contributed by atoms with van der Waals surface area (Å²) in [5, 5.41) is 3.34. The van der Waals surface area contributed by atoms with Crippen molar-refractivity contribution in [3.63, 3.8) is 0 Å². The first-order chi connectivity index (χ1) is 12.3. The van der Waals surface area contributed by atoms with Crippen LogP contribution in [-0.2, 0) is 12.7 Å². The number of alkyl halides is 3. The van der Waals surface area contributed by atoms with E-state index >= 15 is 0 Å². The van der Waals surface area contributed by atoms with Crippen LogP contribution in [0.15, 0.2) is 59.1 Å². The van der Waals surface area contributed by atoms with E-state index in [4.69, 9.17) is 11.6 Å². The molecule has 1 aromatic heterocycles. The highest BCUT2D eigenvalue weighted by atomic mass is 79.9. The lowest BCUT2D eigenvalue weighted by Gasteiger charge is -2.10. The number of aromatic nitrogens is 2. The molecule has 0 fully saturated rings. The van der Waals surface area contributed by atoms with Gasteiger partial charge in [-0.25, -0.2) is 9.97 Å². The summed E-state index contributed by atoms with van der Waals surface area (Å²) in [6.07, 6.45) is -4.38. The lowest BCUT2D eigenvalue weighted by atomic mass is 10.1. The number of halogens is 5. The Morgan fingerprint density at radius 2 is 1.73 bits per heavy atom. The highest BCUT2D eigenvalue weighted by Gasteiger charge is 2.30. The summed E-state index contributed by atoms with van der Waals surface area (Å²) in [4.78, 5) is 8.42. The quantitative estimate of drug-likeness (QED) is 0.490. The Morgan fingerprint density at radius 1 is 1.00 bits per heavy atom. The van der Waals surface area contributed by atoms with Crippen molar-refractivity contribution in [3.8, 4) is 11.4 Å². The van der Waals surface area contributed by atoms with Crippen molar-refractivity contribution >= 4 is 33.3 Å². The second-order valence-corrected chi connectivity index (χ2v) is 6.76. The molecule has 2 aromatic carbocycles. The topological polar surface area (TPSA) is 37.8 Å². The Hall–Kier alpha value is -2.12. The Bertz CT molecular complexity index is 914. The van der Waals surface area contributed by atoms with Gasteiger partial charge in [-0.2, -0.15) is 13.2 Å². The van der Waals surface area contributed by atoms with Crippen molar-refractivity contribution in [2.24, 2.45) is 0 Å². The van der Waals surface area contributed by atoms with Crippen LogP contribution < -0.4 is 5.32 Å². The Morgan fingerprint density at radius 3 is 2.38 bits per heavy atom. The average Bonchev–Trinajstić information content (AvgIpc) is 2.59. The maximum Gasteiger partial charge on any atom is 0.416 e. The third-order valence-electron chi connectivity index (χ3n) is 3.53. The van der Waals surface area contributed by atoms with Gasteiger partial charge in [0, 0.05) is 22.6 Å². The zero-order chi connectivity index (χ0) is 18.7. The van der Waals surface area contributed by atoms with Crippen molar-refractivity contribution in [1.29, 1.82) is 0 Å². The molecule has 3 nitrogen and oxygen atoms in total. The molecule has 26 heavy (non-hydrogen) atoms. The van der Waals surface area contributed by atoms with Gasteiger partial charge in [0.1, 0.15) is 11.0 Å². The molecule has 3 rings (SSSR count). The Balaban J connectivity index is 1.81. The molecule has 134 valence electrons. The van der Waals surface area contributed by atoms with Gasteiger partial charge in [-0.1, -0.05) is 51.8 Å². The molecule has 1 N–H and O–H groups in total. The summed E-state index contributed by atoms with van der Waals surface area (Å²) in [5.74, 6) is 0.739. The van der Waals surface area contributed by atoms with Crippen LogP contribution in [0.2, 0.25) is 5.15 Å². The van der Waals surface area contributed by atoms with Crippen LogP contribution in [0, 0.1) is 0 Å². The molecular formula is C18H12BrClF3N3. The lowest BCUT2D eigenvalue weighted by Crippen LogP contribution is -2.05. The van der Waals surface area contributed by atoms with E-state index in [-0.39, 0.29) is 11.0 Å². The molecule has 0 saturated carbocycles. The maximum absolute atomic E-state index is 12.7. The van der Waals surface area contributed by atoms with Gasteiger partial charge < -0.3 is 5.32 Å². The van der Waals surface area contributed by atoms with Gasteiger partial charge >= 0.3 is 6.18 Å². The number of hydrogen-bond acceptors (Lipinski definition) is 3. The van der Waals surface area contributed by atoms with Crippen molar-refractivity contribution in [2.75, 3.05) is 5.32 Å². The van der Waals surface area contributed by atoms with Crippen molar-refractivity contribution in [1.82, 2.24) is 9.97 Å². The Kier molecular flexibility index (Phi) is 5.48. The van der Waals surface area contributed by atoms with Gasteiger partial charge in [-0.15, -0.1) is 0 Å². The van der Waals surface area contributed by atoms with Gasteiger partial charge in [0.15, 0.2) is 5.82 Å². The minimum absolute atomic E-state index is 0.201. The highest BCUT2D eigenvalue weighted by Crippen LogP contribution is 2.30. The van der Waals surface area contributed by atoms with Gasteiger partial charge in [0.05, 0.1) is 5.56 Å². The third-order valence-corrected chi connectivity index (χ3v) is 4.21. The average molecular weight is 443 g/mol. The predicted molar refractivity (Wildman–Crippen MR) is 98.9 cm³/mol. The lowest BCUT2D eigenvalue weighted by molar-refractivity contribution is -0.137. The van der Waals surface area contributed by atoms with Crippen molar-refractivity contribution in [3.05, 3.63) is 75.4 Å². The largest absolute Gasteiger partial charge is 0.416 e. The predicted octanol–water partition coefficient (Wildman–Crippen LogP) is 6.19. The molecule has 8 heteroatoms. The third kappa shape index (κ3) is 4.74. The first-order valence-electron chi connectivity index (χ1n) is 7.52. The molecule has 0 aliphatic carbocycles. The van der Waals surface area contributed by atoms with Gasteiger partial charge in [0.25, 0.3) is 0 Å². The van der Waals surface area contributed by atoms with E-state index in [1.807, 2.05) is 24.3 Å². The monoisotopic (exact) mass is 441 g/mol. The number of rotatable bonds is 4. The van der Waals surface area contributed by atoms with Crippen LogP contribution in [0.5, 0.6) is 0 Å². The molecule has 3 aromatic rings. The number of nitrogens with zero attached hydrogens (tertiary/aromatic N) is 2. The maximum atomic E-state index is 12.7. The van der Waals surface area contributed by atoms with E-state index in [0.717, 1.165) is 22.2 Å². The summed E-state index contributed by atoms with van der Waals surface area (Å²) >= 11 is 9.44. The zero-order valence-electron chi connectivity index (χ0n) is 13.2. The minimum Gasteiger partial charge on any atom is -0.366 e. The van der Waals surface area contributed by atoms with E-state index in [2.05, 4.69) is 31.2 Å². The van der Waals surface area contributed by atoms with Gasteiger partial charge in [-0.05, 0) is 29.8 Å². The summed E-state index contributed by atoms with van der Waals surface area (Å²) in [6.45, 7) is 0.513. The van der Waals surface area contributed by atoms with Crippen molar-refractivity contribution in [2.45, 2.75) is 12.7 Å². The minimum atomic E-state index is -4.38. The SMILES string of the molecule is FC(F)(F)c1ccc(-c2nc(Cl)cc(NCc3cccc(Br)c3)n2)cc1. The fraction of sp³-hybridized carbons (Fsp3) is 0.111. The summed E-state index contributed by atoms with van der Waals surface area (Å²) < 4.78 is 39.0. The van der Waals surface area contributed by atoms with Crippen LogP contribution in [0.1, 0.15) is 11.1 Å². The number of hydrogen-bond donors (Lipinski definition) is 1. The molecule has 0 unspecified atom stereocenters. The molecule has 0 spiro atoms. The van der Waals surface area contributed by atoms with E-state index in [9.17, 15) is 13.2 Å². The van der Waals surface area contributed by atoms with Crippen LogP contribution in [0.4, 0.5) is 19.0 Å². The Labute approximate surface area is 161 Å². The molecule has 0 radical (unpaired) electrons. The van der Waals surface area contributed by atoms with Crippen LogP contribution >= 0.6 is 27.5 Å². The van der Waals surface area contributed by atoms with Crippen LogP contribution in [-0.4, -0.2) is 9.97 Å². The van der Waals surface area contributed by atoms with Gasteiger partial charge in [0.2, 0.25) is 0 Å². The molecule has 0 aliphatic heterocycles. The van der Waals surface area contributed by atoms with Crippen LogP contribution in [0.3, 0.4) is 0 Å². The van der Waals surface area contributed by atoms with Crippen LogP contribution in [0.25, 0.3) is 11.4 Å². The molecule has 1 heterocycles. The smallest absolute Gasteiger partial charge is 0.366 e. The molecule has 0 aliphatic rings. The number of nitrogens with one attached hydrogen (secondary N) is 1. The van der Waals surface area contributed by atoms with E-state index in [0.29, 0.717) is 17.9 Å². The summed E-state index contributed by atoms with van der Waals surface area (Å²) in [7, 11) is 0.